The Balaban J connectivity index is 0.000000585. The molecule has 0 saturated carbocycles. The molecular formula is C32H35NO7S. The first-order valence-electron chi connectivity index (χ1n) is 13.7. The summed E-state index contributed by atoms with van der Waals surface area (Å²) in [6.07, 6.45) is 4.15. The summed E-state index contributed by atoms with van der Waals surface area (Å²) in [4.78, 5) is 22.0. The van der Waals surface area contributed by atoms with Gasteiger partial charge in [0.1, 0.15) is 18.1 Å². The zero-order valence-corrected chi connectivity index (χ0v) is 23.6. The number of aliphatic hydroxyl groups excluding tert-OH is 1. The number of ether oxygens (including phenoxy) is 2. The summed E-state index contributed by atoms with van der Waals surface area (Å²) in [5.74, 6) is -1.87. The Bertz CT molecular complexity index is 1400. The number of carbonyl (C=O) groups is 2. The molecule has 0 spiro atoms. The number of hydrogen-bond acceptors (Lipinski definition) is 7. The molecule has 3 aromatic carbocycles. The van der Waals surface area contributed by atoms with Crippen LogP contribution in [0, 0.1) is 0 Å². The summed E-state index contributed by atoms with van der Waals surface area (Å²) in [6, 6.07) is 25.6. The number of thiophene rings is 1. The Morgan fingerprint density at radius 1 is 0.805 bits per heavy atom. The fourth-order valence-corrected chi connectivity index (χ4v) is 5.90. The zero-order chi connectivity index (χ0) is 29.0. The van der Waals surface area contributed by atoms with Gasteiger partial charge in [-0.15, -0.1) is 11.3 Å². The maximum atomic E-state index is 9.10. The number of hydrogen-bond donors (Lipinski definition) is 3. The monoisotopic (exact) mass is 577 g/mol. The first kappa shape index (κ1) is 30.0. The van der Waals surface area contributed by atoms with Crippen LogP contribution in [0.2, 0.25) is 0 Å². The van der Waals surface area contributed by atoms with E-state index in [0.29, 0.717) is 13.0 Å². The van der Waals surface area contributed by atoms with Crippen LogP contribution in [-0.2, 0) is 16.0 Å². The Morgan fingerprint density at radius 2 is 1.41 bits per heavy atom. The maximum absolute atomic E-state index is 9.10. The maximum Gasteiger partial charge on any atom is 0.414 e. The van der Waals surface area contributed by atoms with Crippen LogP contribution < -0.4 is 9.47 Å². The van der Waals surface area contributed by atoms with Gasteiger partial charge >= 0.3 is 11.9 Å². The lowest BCUT2D eigenvalue weighted by atomic mass is 9.99. The van der Waals surface area contributed by atoms with E-state index in [-0.39, 0.29) is 6.61 Å². The van der Waals surface area contributed by atoms with E-state index in [0.717, 1.165) is 31.1 Å². The van der Waals surface area contributed by atoms with E-state index in [1.54, 1.807) is 0 Å². The van der Waals surface area contributed by atoms with Gasteiger partial charge in [0.25, 0.3) is 0 Å². The van der Waals surface area contributed by atoms with Crippen LogP contribution in [0.25, 0.3) is 20.5 Å². The van der Waals surface area contributed by atoms with Crippen molar-refractivity contribution < 1.29 is 34.4 Å². The third-order valence-corrected chi connectivity index (χ3v) is 8.01. The molecule has 9 heteroatoms. The summed E-state index contributed by atoms with van der Waals surface area (Å²) in [6.45, 7) is 4.85. The number of fused-ring (bicyclic) bond motifs is 1. The van der Waals surface area contributed by atoms with Crippen molar-refractivity contribution in [3.63, 3.8) is 0 Å². The van der Waals surface area contributed by atoms with Gasteiger partial charge in [0.05, 0.1) is 6.61 Å². The number of aliphatic carboxylic acids is 2. The highest BCUT2D eigenvalue weighted by atomic mass is 32.1. The molecule has 0 bridgehead atoms. The highest BCUT2D eigenvalue weighted by Gasteiger charge is 2.15. The average molecular weight is 578 g/mol. The van der Waals surface area contributed by atoms with Crippen molar-refractivity contribution in [2.45, 2.75) is 25.7 Å². The highest BCUT2D eigenvalue weighted by molar-refractivity contribution is 7.22. The van der Waals surface area contributed by atoms with Crippen molar-refractivity contribution in [2.75, 3.05) is 39.5 Å². The molecule has 0 atom stereocenters. The summed E-state index contributed by atoms with van der Waals surface area (Å²) < 4.78 is 13.0. The lowest BCUT2D eigenvalue weighted by molar-refractivity contribution is -0.159. The molecule has 3 N–H and O–H groups in total. The van der Waals surface area contributed by atoms with E-state index in [1.165, 1.54) is 57.6 Å². The smallest absolute Gasteiger partial charge is 0.414 e. The van der Waals surface area contributed by atoms with Crippen LogP contribution in [0.5, 0.6) is 11.5 Å². The standard InChI is InChI=1S/C30H33NO3S.C2H2O4/c32-19-5-20-33-26-14-10-24(11-15-26)30-28(27-6-1-2-7-29(27)35-30)22-23-8-12-25(13-9-23)34-21-18-31-16-3-4-17-31;3-1(4)2(5)6/h1-2,6-15,32H,3-5,16-22H2;(H,3,4)(H,5,6). The number of carboxylic acids is 2. The van der Waals surface area contributed by atoms with Crippen molar-refractivity contribution in [2.24, 2.45) is 0 Å². The van der Waals surface area contributed by atoms with Gasteiger partial charge < -0.3 is 24.8 Å². The first-order valence-corrected chi connectivity index (χ1v) is 14.5. The van der Waals surface area contributed by atoms with Gasteiger partial charge in [-0.05, 0) is 96.9 Å². The molecule has 1 aliphatic rings. The van der Waals surface area contributed by atoms with Crippen LogP contribution >= 0.6 is 11.3 Å². The van der Waals surface area contributed by atoms with E-state index < -0.39 is 11.9 Å². The lowest BCUT2D eigenvalue weighted by Crippen LogP contribution is -2.25. The average Bonchev–Trinajstić information content (AvgIpc) is 3.63. The van der Waals surface area contributed by atoms with Gasteiger partial charge in [-0.3, -0.25) is 4.90 Å². The quantitative estimate of drug-likeness (QED) is 0.157. The topological polar surface area (TPSA) is 117 Å². The molecule has 8 nitrogen and oxygen atoms in total. The van der Waals surface area contributed by atoms with E-state index in [1.807, 2.05) is 23.5 Å². The molecule has 1 saturated heterocycles. The Labute approximate surface area is 243 Å². The van der Waals surface area contributed by atoms with Crippen LogP contribution in [-0.4, -0.2) is 71.6 Å². The minimum Gasteiger partial charge on any atom is -0.494 e. The summed E-state index contributed by atoms with van der Waals surface area (Å²) >= 11 is 1.85. The van der Waals surface area contributed by atoms with Crippen LogP contribution in [0.4, 0.5) is 0 Å². The van der Waals surface area contributed by atoms with E-state index in [9.17, 15) is 0 Å². The van der Waals surface area contributed by atoms with Gasteiger partial charge in [-0.1, -0.05) is 30.3 Å². The minimum absolute atomic E-state index is 0.148. The van der Waals surface area contributed by atoms with Crippen LogP contribution in [0.1, 0.15) is 30.4 Å². The second kappa shape index (κ2) is 15.2. The van der Waals surface area contributed by atoms with Crippen molar-refractivity contribution in [1.29, 1.82) is 0 Å². The third-order valence-electron chi connectivity index (χ3n) is 6.75. The molecule has 0 radical (unpaired) electrons. The molecule has 0 aliphatic carbocycles. The van der Waals surface area contributed by atoms with Gasteiger partial charge in [-0.25, -0.2) is 9.59 Å². The number of likely N-dealkylation sites (tertiary alicyclic amines) is 1. The fraction of sp³-hybridized carbons (Fsp3) is 0.312. The summed E-state index contributed by atoms with van der Waals surface area (Å²) in [7, 11) is 0. The minimum atomic E-state index is -1.82. The molecule has 0 amide bonds. The van der Waals surface area contributed by atoms with Gasteiger partial charge in [0.15, 0.2) is 0 Å². The predicted molar refractivity (Wildman–Crippen MR) is 160 cm³/mol. The molecule has 0 unspecified atom stereocenters. The second-order valence-corrected chi connectivity index (χ2v) is 10.7. The largest absolute Gasteiger partial charge is 0.494 e. The summed E-state index contributed by atoms with van der Waals surface area (Å²) in [5.41, 5.74) is 3.85. The SMILES string of the molecule is O=C(O)C(=O)O.OCCCOc1ccc(-c2sc3ccccc3c2Cc2ccc(OCCN3CCCC3)cc2)cc1. The number of aliphatic hydroxyl groups is 1. The molecule has 2 heterocycles. The van der Waals surface area contributed by atoms with E-state index in [2.05, 4.69) is 65.6 Å². The van der Waals surface area contributed by atoms with Gasteiger partial charge in [-0.2, -0.15) is 0 Å². The number of nitrogens with zero attached hydrogens (tertiary/aromatic N) is 1. The molecule has 4 aromatic rings. The molecule has 1 fully saturated rings. The Morgan fingerprint density at radius 3 is 2.05 bits per heavy atom. The Hall–Kier alpha value is -3.92. The molecule has 1 aromatic heterocycles. The molecular weight excluding hydrogens is 542 g/mol. The van der Waals surface area contributed by atoms with E-state index >= 15 is 0 Å². The van der Waals surface area contributed by atoms with Crippen LogP contribution in [0.15, 0.2) is 72.8 Å². The highest BCUT2D eigenvalue weighted by Crippen LogP contribution is 2.40. The molecule has 216 valence electrons. The fourth-order valence-electron chi connectivity index (χ4n) is 4.67. The predicted octanol–water partition coefficient (Wildman–Crippen LogP) is 5.55. The number of carboxylic acid groups (broad SMARTS) is 2. The zero-order valence-electron chi connectivity index (χ0n) is 22.8. The van der Waals surface area contributed by atoms with Crippen molar-refractivity contribution >= 4 is 33.4 Å². The second-order valence-electron chi connectivity index (χ2n) is 9.68. The number of benzene rings is 3. The van der Waals surface area contributed by atoms with Crippen LogP contribution in [0.3, 0.4) is 0 Å². The first-order chi connectivity index (χ1) is 19.9. The van der Waals surface area contributed by atoms with Gasteiger partial charge in [0, 0.05) is 29.1 Å². The number of rotatable bonds is 11. The molecule has 1 aliphatic heterocycles. The van der Waals surface area contributed by atoms with Crippen molar-refractivity contribution in [1.82, 2.24) is 4.90 Å². The third kappa shape index (κ3) is 8.78. The molecule has 41 heavy (non-hydrogen) atoms. The molecule has 5 rings (SSSR count). The van der Waals surface area contributed by atoms with Crippen molar-refractivity contribution in [3.05, 3.63) is 83.9 Å². The normalized spacial score (nSPS) is 13.0. The summed E-state index contributed by atoms with van der Waals surface area (Å²) in [5, 5.41) is 25.1. The van der Waals surface area contributed by atoms with Crippen molar-refractivity contribution in [3.8, 4) is 21.9 Å². The van der Waals surface area contributed by atoms with E-state index in [4.69, 9.17) is 34.4 Å². The lowest BCUT2D eigenvalue weighted by Gasteiger charge is -2.15. The van der Waals surface area contributed by atoms with Gasteiger partial charge in [0.2, 0.25) is 0 Å². The Kier molecular flexibility index (Phi) is 11.1.